The Hall–Kier alpha value is -1.20. The summed E-state index contributed by atoms with van der Waals surface area (Å²) >= 11 is 0. The predicted octanol–water partition coefficient (Wildman–Crippen LogP) is 1.26. The Balaban J connectivity index is 2.12. The van der Waals surface area contributed by atoms with Crippen molar-refractivity contribution in [1.29, 1.82) is 0 Å². The van der Waals surface area contributed by atoms with Gasteiger partial charge in [0.15, 0.2) is 0 Å². The third-order valence-corrected chi connectivity index (χ3v) is 3.79. The molecule has 1 atom stereocenters. The zero-order chi connectivity index (χ0) is 13.8. The van der Waals surface area contributed by atoms with Crippen LogP contribution >= 0.6 is 0 Å². The Labute approximate surface area is 115 Å². The third-order valence-electron chi connectivity index (χ3n) is 3.79. The van der Waals surface area contributed by atoms with Crippen LogP contribution in [0.5, 0.6) is 5.88 Å². The van der Waals surface area contributed by atoms with Crippen LogP contribution in [0.4, 0.5) is 0 Å². The van der Waals surface area contributed by atoms with Gasteiger partial charge in [-0.05, 0) is 13.0 Å². The quantitative estimate of drug-likeness (QED) is 0.819. The molecule has 1 saturated heterocycles. The summed E-state index contributed by atoms with van der Waals surface area (Å²) in [4.78, 5) is 13.5. The van der Waals surface area contributed by atoms with E-state index < -0.39 is 0 Å². The molecule has 1 fully saturated rings. The second-order valence-electron chi connectivity index (χ2n) is 5.56. The van der Waals surface area contributed by atoms with Crippen LogP contribution in [0.2, 0.25) is 0 Å². The molecular weight excluding hydrogens is 240 g/mol. The van der Waals surface area contributed by atoms with Crippen molar-refractivity contribution in [2.45, 2.75) is 26.4 Å². The van der Waals surface area contributed by atoms with E-state index in [1.165, 1.54) is 0 Å². The van der Waals surface area contributed by atoms with Crippen LogP contribution in [-0.2, 0) is 6.54 Å². The molecule has 1 aliphatic rings. The van der Waals surface area contributed by atoms with E-state index in [1.807, 2.05) is 0 Å². The molecule has 0 unspecified atom stereocenters. The summed E-state index contributed by atoms with van der Waals surface area (Å²) in [5.41, 5.74) is 0.931. The normalized spacial score (nSPS) is 21.8. The standard InChI is InChI=1S/C14H24N4O/c1-11(2)13-10-17(3)7-8-18(13)9-12-14(19-4)16-6-5-15-12/h5-6,11,13H,7-10H2,1-4H3/t13-/m1/s1. The lowest BCUT2D eigenvalue weighted by atomic mass is 9.99. The average molecular weight is 264 g/mol. The Morgan fingerprint density at radius 1 is 1.32 bits per heavy atom. The summed E-state index contributed by atoms with van der Waals surface area (Å²) in [7, 11) is 3.84. The minimum absolute atomic E-state index is 0.561. The Morgan fingerprint density at radius 3 is 2.74 bits per heavy atom. The summed E-state index contributed by atoms with van der Waals surface area (Å²) in [5, 5.41) is 0. The van der Waals surface area contributed by atoms with Crippen molar-refractivity contribution in [3.63, 3.8) is 0 Å². The SMILES string of the molecule is COc1nccnc1CN1CCN(C)C[C@@H]1C(C)C. The van der Waals surface area contributed by atoms with Gasteiger partial charge in [-0.3, -0.25) is 9.88 Å². The molecule has 2 rings (SSSR count). The second-order valence-corrected chi connectivity index (χ2v) is 5.56. The number of rotatable bonds is 4. The molecule has 1 aliphatic heterocycles. The van der Waals surface area contributed by atoms with E-state index in [-0.39, 0.29) is 0 Å². The van der Waals surface area contributed by atoms with Crippen molar-refractivity contribution in [1.82, 2.24) is 19.8 Å². The third kappa shape index (κ3) is 3.42. The van der Waals surface area contributed by atoms with E-state index >= 15 is 0 Å². The first kappa shape index (κ1) is 14.2. The Morgan fingerprint density at radius 2 is 2.05 bits per heavy atom. The van der Waals surface area contributed by atoms with Crippen LogP contribution in [0.25, 0.3) is 0 Å². The number of likely N-dealkylation sites (N-methyl/N-ethyl adjacent to an activating group) is 1. The van der Waals surface area contributed by atoms with Crippen LogP contribution in [0.1, 0.15) is 19.5 Å². The lowest BCUT2D eigenvalue weighted by Gasteiger charge is -2.42. The smallest absolute Gasteiger partial charge is 0.236 e. The zero-order valence-corrected chi connectivity index (χ0v) is 12.3. The molecule has 0 amide bonds. The van der Waals surface area contributed by atoms with E-state index in [4.69, 9.17) is 4.74 Å². The summed E-state index contributed by atoms with van der Waals surface area (Å²) in [6.45, 7) is 8.66. The zero-order valence-electron chi connectivity index (χ0n) is 12.3. The molecule has 19 heavy (non-hydrogen) atoms. The monoisotopic (exact) mass is 264 g/mol. The highest BCUT2D eigenvalue weighted by Gasteiger charge is 2.28. The van der Waals surface area contributed by atoms with E-state index in [0.29, 0.717) is 17.8 Å². The summed E-state index contributed by atoms with van der Waals surface area (Å²) < 4.78 is 5.29. The first-order valence-electron chi connectivity index (χ1n) is 6.88. The maximum absolute atomic E-state index is 5.29. The largest absolute Gasteiger partial charge is 0.480 e. The van der Waals surface area contributed by atoms with E-state index in [0.717, 1.165) is 31.9 Å². The van der Waals surface area contributed by atoms with Crippen LogP contribution in [0.15, 0.2) is 12.4 Å². The number of piperazine rings is 1. The number of aromatic nitrogens is 2. The molecule has 1 aromatic heterocycles. The topological polar surface area (TPSA) is 41.5 Å². The molecule has 0 radical (unpaired) electrons. The first-order valence-corrected chi connectivity index (χ1v) is 6.88. The van der Waals surface area contributed by atoms with Gasteiger partial charge in [0, 0.05) is 44.6 Å². The molecule has 2 heterocycles. The molecule has 106 valence electrons. The number of methoxy groups -OCH3 is 1. The fraction of sp³-hybridized carbons (Fsp3) is 0.714. The van der Waals surface area contributed by atoms with Gasteiger partial charge in [0.2, 0.25) is 5.88 Å². The van der Waals surface area contributed by atoms with Crippen molar-refractivity contribution in [2.24, 2.45) is 5.92 Å². The van der Waals surface area contributed by atoms with Crippen molar-refractivity contribution in [2.75, 3.05) is 33.8 Å². The maximum Gasteiger partial charge on any atom is 0.236 e. The summed E-state index contributed by atoms with van der Waals surface area (Å²) in [5.74, 6) is 1.27. The number of nitrogens with zero attached hydrogens (tertiary/aromatic N) is 4. The predicted molar refractivity (Wildman–Crippen MR) is 75.1 cm³/mol. The first-order chi connectivity index (χ1) is 9.11. The van der Waals surface area contributed by atoms with E-state index in [2.05, 4.69) is 40.7 Å². The van der Waals surface area contributed by atoms with Gasteiger partial charge in [-0.2, -0.15) is 0 Å². The Kier molecular flexibility index (Phi) is 4.71. The molecule has 0 spiro atoms. The highest BCUT2D eigenvalue weighted by Crippen LogP contribution is 2.21. The van der Waals surface area contributed by atoms with Crippen LogP contribution in [0, 0.1) is 5.92 Å². The molecule has 5 nitrogen and oxygen atoms in total. The van der Waals surface area contributed by atoms with Gasteiger partial charge in [-0.15, -0.1) is 0 Å². The van der Waals surface area contributed by atoms with Gasteiger partial charge >= 0.3 is 0 Å². The van der Waals surface area contributed by atoms with Gasteiger partial charge in [0.25, 0.3) is 0 Å². The minimum Gasteiger partial charge on any atom is -0.480 e. The van der Waals surface area contributed by atoms with E-state index in [9.17, 15) is 0 Å². The number of hydrogen-bond acceptors (Lipinski definition) is 5. The Bertz CT molecular complexity index is 410. The van der Waals surface area contributed by atoms with Gasteiger partial charge < -0.3 is 9.64 Å². The van der Waals surface area contributed by atoms with Gasteiger partial charge in [-0.25, -0.2) is 4.98 Å². The lowest BCUT2D eigenvalue weighted by molar-refractivity contribution is 0.0553. The lowest BCUT2D eigenvalue weighted by Crippen LogP contribution is -2.53. The van der Waals surface area contributed by atoms with Gasteiger partial charge in [0.1, 0.15) is 5.69 Å². The molecule has 0 bridgehead atoms. The fourth-order valence-corrected chi connectivity index (χ4v) is 2.65. The highest BCUT2D eigenvalue weighted by molar-refractivity contribution is 5.17. The summed E-state index contributed by atoms with van der Waals surface area (Å²) in [6.07, 6.45) is 3.41. The fourth-order valence-electron chi connectivity index (χ4n) is 2.65. The molecule has 0 aromatic carbocycles. The van der Waals surface area contributed by atoms with Crippen molar-refractivity contribution in [3.8, 4) is 5.88 Å². The van der Waals surface area contributed by atoms with Crippen molar-refractivity contribution >= 4 is 0 Å². The number of ether oxygens (including phenoxy) is 1. The molecule has 1 aromatic rings. The maximum atomic E-state index is 5.29. The summed E-state index contributed by atoms with van der Waals surface area (Å²) in [6, 6.07) is 0.561. The molecule has 5 heteroatoms. The van der Waals surface area contributed by atoms with Crippen LogP contribution < -0.4 is 4.74 Å². The van der Waals surface area contributed by atoms with Crippen LogP contribution in [0.3, 0.4) is 0 Å². The number of hydrogen-bond donors (Lipinski definition) is 0. The second kappa shape index (κ2) is 6.30. The highest BCUT2D eigenvalue weighted by atomic mass is 16.5. The average Bonchev–Trinajstić information content (AvgIpc) is 2.41. The molecule has 0 N–H and O–H groups in total. The molecule has 0 aliphatic carbocycles. The van der Waals surface area contributed by atoms with Gasteiger partial charge in [0.05, 0.1) is 7.11 Å². The molecule has 0 saturated carbocycles. The molecular formula is C14H24N4O. The van der Waals surface area contributed by atoms with Gasteiger partial charge in [-0.1, -0.05) is 13.8 Å². The van der Waals surface area contributed by atoms with Crippen LogP contribution in [-0.4, -0.2) is 59.6 Å². The minimum atomic E-state index is 0.561. The van der Waals surface area contributed by atoms with Crippen molar-refractivity contribution < 1.29 is 4.74 Å². The van der Waals surface area contributed by atoms with E-state index in [1.54, 1.807) is 19.5 Å². The van der Waals surface area contributed by atoms with Crippen molar-refractivity contribution in [3.05, 3.63) is 18.1 Å².